The Labute approximate surface area is 232 Å². The number of carboxylic acid groups (broad SMARTS) is 1. The van der Waals surface area contributed by atoms with E-state index < -0.39 is 5.97 Å². The van der Waals surface area contributed by atoms with Crippen LogP contribution < -0.4 is 34.7 Å². The average Bonchev–Trinajstić information content (AvgIpc) is 2.87. The predicted octanol–water partition coefficient (Wildman–Crippen LogP) is 2.26. The number of rotatable bonds is 8. The summed E-state index contributed by atoms with van der Waals surface area (Å²) in [6, 6.07) is 31.4. The maximum Gasteiger partial charge on any atom is 1.00 e. The molecule has 0 aliphatic heterocycles. The quantitative estimate of drug-likeness (QED) is 0.355. The van der Waals surface area contributed by atoms with Crippen LogP contribution in [0.4, 0.5) is 0 Å². The largest absolute Gasteiger partial charge is 1.00 e. The summed E-state index contributed by atoms with van der Waals surface area (Å²) in [5.41, 5.74) is 4.47. The van der Waals surface area contributed by atoms with Crippen LogP contribution in [0.1, 0.15) is 31.8 Å². The summed E-state index contributed by atoms with van der Waals surface area (Å²) in [7, 11) is 0. The van der Waals surface area contributed by atoms with Crippen molar-refractivity contribution in [1.82, 2.24) is 4.90 Å². The van der Waals surface area contributed by atoms with Gasteiger partial charge in [0.1, 0.15) is 0 Å². The van der Waals surface area contributed by atoms with E-state index in [1.54, 1.807) is 36.4 Å². The van der Waals surface area contributed by atoms with E-state index in [1.165, 1.54) is 6.07 Å². The minimum Gasteiger partial charge on any atom is -0.545 e. The van der Waals surface area contributed by atoms with Gasteiger partial charge in [-0.05, 0) is 70.6 Å². The van der Waals surface area contributed by atoms with Crippen LogP contribution in [-0.4, -0.2) is 23.3 Å². The van der Waals surface area contributed by atoms with Gasteiger partial charge in [0.15, 0.2) is 0 Å². The Morgan fingerprint density at radius 1 is 0.714 bits per heavy atom. The number of halogens is 1. The van der Waals surface area contributed by atoms with Gasteiger partial charge in [-0.3, -0.25) is 4.79 Å². The molecule has 170 valence electrons. The van der Waals surface area contributed by atoms with E-state index >= 15 is 0 Å². The average molecular weight is 492 g/mol. The second-order valence-electron chi connectivity index (χ2n) is 8.04. The molecule has 4 aromatic rings. The van der Waals surface area contributed by atoms with Crippen molar-refractivity contribution in [2.24, 2.45) is 0 Å². The second-order valence-corrected chi connectivity index (χ2v) is 8.47. The van der Waals surface area contributed by atoms with Crippen LogP contribution in [0.2, 0.25) is 5.02 Å². The van der Waals surface area contributed by atoms with E-state index in [4.69, 9.17) is 11.6 Å². The molecule has 0 aromatic heterocycles. The molecule has 0 atom stereocenters. The fraction of sp³-hybridized carbons (Fsp3) is 0.103. The summed E-state index contributed by atoms with van der Waals surface area (Å²) in [6.45, 7) is 0.970. The predicted molar refractivity (Wildman–Crippen MR) is 133 cm³/mol. The van der Waals surface area contributed by atoms with Crippen LogP contribution in [0.5, 0.6) is 0 Å². The van der Waals surface area contributed by atoms with Crippen LogP contribution in [0.25, 0.3) is 11.1 Å². The molecule has 35 heavy (non-hydrogen) atoms. The zero-order valence-corrected chi connectivity index (χ0v) is 22.2. The molecule has 4 aromatic carbocycles. The molecule has 4 nitrogen and oxygen atoms in total. The molecule has 0 spiro atoms. The standard InChI is InChI=1S/C29H24ClNO3.Na/c30-27-14-12-23(13-15-27)28(32)31(17-16-21-6-2-1-3-7-21)20-22-8-4-9-24(18-22)25-10-5-11-26(19-25)29(33)34;/h1-15,18-19H,16-17,20H2,(H,33,34);/q;+1/p-1. The van der Waals surface area contributed by atoms with E-state index in [9.17, 15) is 14.7 Å². The van der Waals surface area contributed by atoms with Gasteiger partial charge >= 0.3 is 29.6 Å². The zero-order valence-electron chi connectivity index (χ0n) is 19.5. The normalized spacial score (nSPS) is 10.3. The number of benzene rings is 4. The maximum absolute atomic E-state index is 13.4. The van der Waals surface area contributed by atoms with Gasteiger partial charge in [-0.1, -0.05) is 78.3 Å². The molecule has 0 saturated heterocycles. The molecular weight excluding hydrogens is 469 g/mol. The summed E-state index contributed by atoms with van der Waals surface area (Å²) in [5, 5.41) is 11.8. The minimum atomic E-state index is -1.21. The van der Waals surface area contributed by atoms with Crippen molar-refractivity contribution in [2.45, 2.75) is 13.0 Å². The van der Waals surface area contributed by atoms with Gasteiger partial charge in [-0.15, -0.1) is 0 Å². The smallest absolute Gasteiger partial charge is 0.545 e. The van der Waals surface area contributed by atoms with E-state index in [0.29, 0.717) is 23.7 Å². The Morgan fingerprint density at radius 2 is 1.34 bits per heavy atom. The number of carboxylic acids is 1. The van der Waals surface area contributed by atoms with Gasteiger partial charge in [-0.2, -0.15) is 0 Å². The van der Waals surface area contributed by atoms with Gasteiger partial charge in [0.25, 0.3) is 5.91 Å². The summed E-state index contributed by atoms with van der Waals surface area (Å²) in [5.74, 6) is -1.28. The van der Waals surface area contributed by atoms with E-state index in [-0.39, 0.29) is 41.0 Å². The van der Waals surface area contributed by atoms with Gasteiger partial charge < -0.3 is 14.8 Å². The fourth-order valence-electron chi connectivity index (χ4n) is 3.83. The molecule has 0 saturated carbocycles. The van der Waals surface area contributed by atoms with Gasteiger partial charge in [0.2, 0.25) is 0 Å². The van der Waals surface area contributed by atoms with E-state index in [1.807, 2.05) is 53.4 Å². The van der Waals surface area contributed by atoms with Crippen LogP contribution >= 0.6 is 11.6 Å². The molecular formula is C29H23ClNNaO3. The van der Waals surface area contributed by atoms with Crippen LogP contribution in [0.15, 0.2) is 103 Å². The SMILES string of the molecule is O=C([O-])c1cccc(-c2cccc(CN(CCc3ccccc3)C(=O)c3ccc(Cl)cc3)c2)c1.[Na+]. The first kappa shape index (κ1) is 26.7. The summed E-state index contributed by atoms with van der Waals surface area (Å²) < 4.78 is 0. The fourth-order valence-corrected chi connectivity index (χ4v) is 3.96. The topological polar surface area (TPSA) is 60.4 Å². The van der Waals surface area contributed by atoms with Crippen molar-refractivity contribution in [3.63, 3.8) is 0 Å². The molecule has 6 heteroatoms. The van der Waals surface area contributed by atoms with Gasteiger partial charge in [-0.25, -0.2) is 0 Å². The monoisotopic (exact) mass is 491 g/mol. The minimum absolute atomic E-state index is 0. The van der Waals surface area contributed by atoms with Crippen molar-refractivity contribution in [3.8, 4) is 11.1 Å². The van der Waals surface area contributed by atoms with Crippen LogP contribution in [0.3, 0.4) is 0 Å². The van der Waals surface area contributed by atoms with Crippen molar-refractivity contribution in [2.75, 3.05) is 6.54 Å². The third-order valence-corrected chi connectivity index (χ3v) is 5.88. The Bertz CT molecular complexity index is 1290. The third kappa shape index (κ3) is 7.30. The van der Waals surface area contributed by atoms with Crippen molar-refractivity contribution < 1.29 is 44.3 Å². The number of hydrogen-bond donors (Lipinski definition) is 0. The molecule has 0 N–H and O–H groups in total. The van der Waals surface area contributed by atoms with Crippen molar-refractivity contribution in [1.29, 1.82) is 0 Å². The Morgan fingerprint density at radius 3 is 2.03 bits per heavy atom. The van der Waals surface area contributed by atoms with Crippen LogP contribution in [-0.2, 0) is 13.0 Å². The molecule has 0 aliphatic carbocycles. The molecule has 0 radical (unpaired) electrons. The number of aromatic carboxylic acids is 1. The first-order valence-electron chi connectivity index (χ1n) is 11.0. The summed E-state index contributed by atoms with van der Waals surface area (Å²) >= 11 is 6.01. The molecule has 0 aliphatic rings. The number of amides is 1. The molecule has 0 heterocycles. The van der Waals surface area contributed by atoms with Crippen molar-refractivity contribution in [3.05, 3.63) is 130 Å². The number of nitrogens with zero attached hydrogens (tertiary/aromatic N) is 1. The Hall–Kier alpha value is -2.89. The first-order valence-corrected chi connectivity index (χ1v) is 11.4. The first-order chi connectivity index (χ1) is 16.5. The number of carbonyl (C=O) groups is 2. The third-order valence-electron chi connectivity index (χ3n) is 5.62. The molecule has 0 fully saturated rings. The molecule has 1 amide bonds. The molecule has 4 rings (SSSR count). The maximum atomic E-state index is 13.4. The van der Waals surface area contributed by atoms with E-state index in [0.717, 1.165) is 28.7 Å². The second kappa shape index (κ2) is 12.7. The molecule has 0 unspecified atom stereocenters. The number of carbonyl (C=O) groups excluding carboxylic acids is 2. The van der Waals surface area contributed by atoms with Gasteiger partial charge in [0, 0.05) is 23.7 Å². The zero-order chi connectivity index (χ0) is 23.9. The van der Waals surface area contributed by atoms with Gasteiger partial charge in [0.05, 0.1) is 5.97 Å². The Balaban J connectivity index is 0.00000342. The van der Waals surface area contributed by atoms with Crippen molar-refractivity contribution >= 4 is 23.5 Å². The molecule has 0 bridgehead atoms. The Kier molecular flexibility index (Phi) is 9.70. The number of hydrogen-bond acceptors (Lipinski definition) is 3. The van der Waals surface area contributed by atoms with E-state index in [2.05, 4.69) is 12.1 Å². The summed E-state index contributed by atoms with van der Waals surface area (Å²) in [6.07, 6.45) is 0.730. The van der Waals surface area contributed by atoms with Crippen LogP contribution in [0, 0.1) is 0 Å². The summed E-state index contributed by atoms with van der Waals surface area (Å²) in [4.78, 5) is 26.4.